The summed E-state index contributed by atoms with van der Waals surface area (Å²) in [7, 11) is 0. The number of hydrogen-bond donors (Lipinski definition) is 0. The SMILES string of the molecule is Cc1ccc(F)cc1-c1nnc(CCCl)s1. The zero-order valence-corrected chi connectivity index (χ0v) is 10.3. The Morgan fingerprint density at radius 2 is 2.19 bits per heavy atom. The van der Waals surface area contributed by atoms with Crippen molar-refractivity contribution in [2.45, 2.75) is 13.3 Å². The van der Waals surface area contributed by atoms with Gasteiger partial charge in [-0.2, -0.15) is 0 Å². The predicted octanol–water partition coefficient (Wildman–Crippen LogP) is 3.43. The van der Waals surface area contributed by atoms with E-state index in [1.165, 1.54) is 23.5 Å². The Bertz CT molecular complexity index is 498. The minimum absolute atomic E-state index is 0.255. The highest BCUT2D eigenvalue weighted by molar-refractivity contribution is 7.14. The molecule has 0 aliphatic rings. The number of alkyl halides is 1. The van der Waals surface area contributed by atoms with Crippen LogP contribution in [0.15, 0.2) is 18.2 Å². The van der Waals surface area contributed by atoms with Crippen molar-refractivity contribution in [1.82, 2.24) is 10.2 Å². The fourth-order valence-electron chi connectivity index (χ4n) is 1.37. The number of aromatic nitrogens is 2. The van der Waals surface area contributed by atoms with E-state index in [-0.39, 0.29) is 5.82 Å². The Balaban J connectivity index is 2.38. The molecule has 0 spiro atoms. The number of halogens is 2. The van der Waals surface area contributed by atoms with Gasteiger partial charge in [0.05, 0.1) is 0 Å². The van der Waals surface area contributed by atoms with E-state index < -0.39 is 0 Å². The third-order valence-electron chi connectivity index (χ3n) is 2.21. The first kappa shape index (κ1) is 11.5. The predicted molar refractivity (Wildman–Crippen MR) is 64.5 cm³/mol. The molecule has 0 aliphatic heterocycles. The number of hydrogen-bond acceptors (Lipinski definition) is 3. The molecule has 0 fully saturated rings. The molecule has 0 saturated heterocycles. The number of rotatable bonds is 3. The monoisotopic (exact) mass is 256 g/mol. The highest BCUT2D eigenvalue weighted by atomic mass is 35.5. The van der Waals surface area contributed by atoms with Crippen LogP contribution in [0, 0.1) is 12.7 Å². The second-order valence-corrected chi connectivity index (χ2v) is 4.84. The molecule has 16 heavy (non-hydrogen) atoms. The standard InChI is InChI=1S/C11H10ClFN2S/c1-7-2-3-8(13)6-9(7)11-15-14-10(16-11)4-5-12/h2-3,6H,4-5H2,1H3. The van der Waals surface area contributed by atoms with Crippen LogP contribution in [0.2, 0.25) is 0 Å². The zero-order chi connectivity index (χ0) is 11.5. The second-order valence-electron chi connectivity index (χ2n) is 3.40. The summed E-state index contributed by atoms with van der Waals surface area (Å²) < 4.78 is 13.1. The van der Waals surface area contributed by atoms with E-state index in [2.05, 4.69) is 10.2 Å². The normalized spacial score (nSPS) is 10.7. The van der Waals surface area contributed by atoms with Crippen LogP contribution in [0.1, 0.15) is 10.6 Å². The number of aryl methyl sites for hydroxylation is 2. The lowest BCUT2D eigenvalue weighted by molar-refractivity contribution is 0.628. The Morgan fingerprint density at radius 3 is 2.94 bits per heavy atom. The Labute approximate surface area is 102 Å². The topological polar surface area (TPSA) is 25.8 Å². The van der Waals surface area contributed by atoms with Crippen molar-refractivity contribution < 1.29 is 4.39 Å². The van der Waals surface area contributed by atoms with Crippen LogP contribution < -0.4 is 0 Å². The van der Waals surface area contributed by atoms with E-state index in [9.17, 15) is 4.39 Å². The number of nitrogens with zero attached hydrogens (tertiary/aromatic N) is 2. The maximum Gasteiger partial charge on any atom is 0.148 e. The fraction of sp³-hybridized carbons (Fsp3) is 0.273. The van der Waals surface area contributed by atoms with Gasteiger partial charge < -0.3 is 0 Å². The molecule has 2 nitrogen and oxygen atoms in total. The summed E-state index contributed by atoms with van der Waals surface area (Å²) in [5, 5.41) is 9.70. The lowest BCUT2D eigenvalue weighted by atomic mass is 10.1. The average Bonchev–Trinajstić information content (AvgIpc) is 2.71. The lowest BCUT2D eigenvalue weighted by Crippen LogP contribution is -1.85. The summed E-state index contributed by atoms with van der Waals surface area (Å²) in [6, 6.07) is 4.67. The van der Waals surface area contributed by atoms with Crippen molar-refractivity contribution in [3.05, 3.63) is 34.6 Å². The minimum Gasteiger partial charge on any atom is -0.207 e. The van der Waals surface area contributed by atoms with Crippen molar-refractivity contribution in [3.63, 3.8) is 0 Å². The van der Waals surface area contributed by atoms with E-state index in [0.717, 1.165) is 21.1 Å². The zero-order valence-electron chi connectivity index (χ0n) is 8.70. The van der Waals surface area contributed by atoms with Gasteiger partial charge in [-0.05, 0) is 24.6 Å². The minimum atomic E-state index is -0.255. The van der Waals surface area contributed by atoms with Crippen molar-refractivity contribution in [2.75, 3.05) is 5.88 Å². The smallest absolute Gasteiger partial charge is 0.148 e. The van der Waals surface area contributed by atoms with Gasteiger partial charge >= 0.3 is 0 Å². The molecule has 0 atom stereocenters. The summed E-state index contributed by atoms with van der Waals surface area (Å²) in [5.41, 5.74) is 1.80. The third-order valence-corrected chi connectivity index (χ3v) is 3.41. The van der Waals surface area contributed by atoms with Gasteiger partial charge in [-0.1, -0.05) is 17.4 Å². The van der Waals surface area contributed by atoms with Gasteiger partial charge in [-0.15, -0.1) is 21.8 Å². The first-order valence-corrected chi connectivity index (χ1v) is 6.20. The van der Waals surface area contributed by atoms with Gasteiger partial charge in [0.2, 0.25) is 0 Å². The molecule has 0 unspecified atom stereocenters. The van der Waals surface area contributed by atoms with Crippen LogP contribution in [0.5, 0.6) is 0 Å². The second kappa shape index (κ2) is 4.89. The molecule has 0 amide bonds. The molecule has 1 heterocycles. The molecule has 0 radical (unpaired) electrons. The first-order valence-electron chi connectivity index (χ1n) is 4.85. The van der Waals surface area contributed by atoms with Crippen LogP contribution in [-0.4, -0.2) is 16.1 Å². The van der Waals surface area contributed by atoms with Crippen LogP contribution in [0.3, 0.4) is 0 Å². The summed E-state index contributed by atoms with van der Waals surface area (Å²) in [5.74, 6) is 0.270. The van der Waals surface area contributed by atoms with Crippen LogP contribution in [-0.2, 0) is 6.42 Å². The van der Waals surface area contributed by atoms with E-state index >= 15 is 0 Å². The molecule has 2 rings (SSSR count). The molecule has 2 aromatic rings. The number of benzene rings is 1. The molecule has 0 aliphatic carbocycles. The van der Waals surface area contributed by atoms with E-state index in [0.29, 0.717) is 12.3 Å². The maximum atomic E-state index is 13.1. The highest BCUT2D eigenvalue weighted by Gasteiger charge is 2.09. The molecule has 1 aromatic carbocycles. The van der Waals surface area contributed by atoms with Crippen molar-refractivity contribution >= 4 is 22.9 Å². The van der Waals surface area contributed by atoms with Gasteiger partial charge in [0.25, 0.3) is 0 Å². The largest absolute Gasteiger partial charge is 0.207 e. The maximum absolute atomic E-state index is 13.1. The van der Waals surface area contributed by atoms with Crippen LogP contribution in [0.4, 0.5) is 4.39 Å². The van der Waals surface area contributed by atoms with E-state index in [4.69, 9.17) is 11.6 Å². The first-order chi connectivity index (χ1) is 7.70. The van der Waals surface area contributed by atoms with Crippen molar-refractivity contribution in [2.24, 2.45) is 0 Å². The lowest BCUT2D eigenvalue weighted by Gasteiger charge is -2.00. The molecular weight excluding hydrogens is 247 g/mol. The molecule has 0 N–H and O–H groups in total. The van der Waals surface area contributed by atoms with Crippen molar-refractivity contribution in [1.29, 1.82) is 0 Å². The van der Waals surface area contributed by atoms with E-state index in [1.54, 1.807) is 6.07 Å². The van der Waals surface area contributed by atoms with Gasteiger partial charge in [0, 0.05) is 17.9 Å². The average molecular weight is 257 g/mol. The summed E-state index contributed by atoms with van der Waals surface area (Å²) in [4.78, 5) is 0. The summed E-state index contributed by atoms with van der Waals surface area (Å²) >= 11 is 7.09. The van der Waals surface area contributed by atoms with Crippen molar-refractivity contribution in [3.8, 4) is 10.6 Å². The summed E-state index contributed by atoms with van der Waals surface area (Å²) in [6.45, 7) is 1.93. The highest BCUT2D eigenvalue weighted by Crippen LogP contribution is 2.27. The Kier molecular flexibility index (Phi) is 3.51. The van der Waals surface area contributed by atoms with Crippen LogP contribution >= 0.6 is 22.9 Å². The molecule has 84 valence electrons. The molecule has 5 heteroatoms. The van der Waals surface area contributed by atoms with E-state index in [1.807, 2.05) is 6.92 Å². The third kappa shape index (κ3) is 2.39. The fourth-order valence-corrected chi connectivity index (χ4v) is 2.58. The summed E-state index contributed by atoms with van der Waals surface area (Å²) in [6.07, 6.45) is 0.702. The molecule has 0 bridgehead atoms. The molecule has 1 aromatic heterocycles. The van der Waals surface area contributed by atoms with Crippen LogP contribution in [0.25, 0.3) is 10.6 Å². The quantitative estimate of drug-likeness (QED) is 0.787. The van der Waals surface area contributed by atoms with Gasteiger partial charge in [-0.25, -0.2) is 4.39 Å². The van der Waals surface area contributed by atoms with Gasteiger partial charge in [0.1, 0.15) is 15.8 Å². The van der Waals surface area contributed by atoms with Gasteiger partial charge in [-0.3, -0.25) is 0 Å². The molecule has 0 saturated carbocycles. The Morgan fingerprint density at radius 1 is 1.38 bits per heavy atom. The molecular formula is C11H10ClFN2S. The Hall–Kier alpha value is -1.00. The van der Waals surface area contributed by atoms with Gasteiger partial charge in [0.15, 0.2) is 0 Å².